The zero-order valence-corrected chi connectivity index (χ0v) is 19.1. The Morgan fingerprint density at radius 2 is 2.07 bits per heavy atom. The van der Waals surface area contributed by atoms with Gasteiger partial charge in [0.05, 0.1) is 22.6 Å². The standard InChI is InChI=1S/C20H26BrN7O2/c1-20(2,3)30-19(29)25-13-6-5-11(7-13)16-15(21)17(22)28-18(26-16)14(9-24-28)12-8-23-27(4)10-12/h8-11,13H,5-7,22H2,1-4H3,(H,25,29)/t11-,13-/m1/s1. The normalized spacial score (nSPS) is 19.4. The number of carbonyl (C=O) groups excluding carboxylic acids is 1. The van der Waals surface area contributed by atoms with E-state index in [0.29, 0.717) is 11.5 Å². The van der Waals surface area contributed by atoms with Crippen molar-refractivity contribution in [3.05, 3.63) is 28.8 Å². The Balaban J connectivity index is 1.60. The van der Waals surface area contributed by atoms with Gasteiger partial charge in [-0.3, -0.25) is 4.68 Å². The number of halogens is 1. The molecule has 0 aliphatic heterocycles. The lowest BCUT2D eigenvalue weighted by Crippen LogP contribution is -2.37. The Morgan fingerprint density at radius 3 is 2.73 bits per heavy atom. The summed E-state index contributed by atoms with van der Waals surface area (Å²) in [5, 5.41) is 11.6. The first-order valence-corrected chi connectivity index (χ1v) is 10.7. The van der Waals surface area contributed by atoms with Crippen molar-refractivity contribution in [3.63, 3.8) is 0 Å². The number of amides is 1. The number of nitrogens with one attached hydrogen (secondary N) is 1. The van der Waals surface area contributed by atoms with E-state index in [1.807, 2.05) is 34.0 Å². The zero-order valence-electron chi connectivity index (χ0n) is 17.5. The number of aromatic nitrogens is 5. The number of carbonyl (C=O) groups is 1. The highest BCUT2D eigenvalue weighted by Gasteiger charge is 2.32. The Labute approximate surface area is 183 Å². The van der Waals surface area contributed by atoms with Crippen LogP contribution in [0.3, 0.4) is 0 Å². The van der Waals surface area contributed by atoms with Gasteiger partial charge in [0.2, 0.25) is 0 Å². The molecule has 0 aromatic carbocycles. The topological polar surface area (TPSA) is 112 Å². The van der Waals surface area contributed by atoms with E-state index in [9.17, 15) is 4.79 Å². The van der Waals surface area contributed by atoms with Gasteiger partial charge in [0, 0.05) is 36.3 Å². The summed E-state index contributed by atoms with van der Waals surface area (Å²) in [7, 11) is 1.87. The number of ether oxygens (including phenoxy) is 1. The highest BCUT2D eigenvalue weighted by molar-refractivity contribution is 9.10. The molecule has 1 aliphatic carbocycles. The van der Waals surface area contributed by atoms with Crippen LogP contribution in [0.5, 0.6) is 0 Å². The average molecular weight is 476 g/mol. The summed E-state index contributed by atoms with van der Waals surface area (Å²) in [6, 6.07) is 0.0405. The molecule has 3 aromatic rings. The van der Waals surface area contributed by atoms with Gasteiger partial charge in [0.15, 0.2) is 5.65 Å². The van der Waals surface area contributed by atoms with Crippen LogP contribution in [0.4, 0.5) is 10.6 Å². The first-order valence-electron chi connectivity index (χ1n) is 9.93. The number of nitrogens with zero attached hydrogens (tertiary/aromatic N) is 5. The first-order chi connectivity index (χ1) is 14.1. The highest BCUT2D eigenvalue weighted by Crippen LogP contribution is 2.40. The Kier molecular flexibility index (Phi) is 5.21. The van der Waals surface area contributed by atoms with Gasteiger partial charge in [-0.1, -0.05) is 0 Å². The Morgan fingerprint density at radius 1 is 1.30 bits per heavy atom. The minimum Gasteiger partial charge on any atom is -0.444 e. The van der Waals surface area contributed by atoms with Crippen LogP contribution in [0, 0.1) is 0 Å². The van der Waals surface area contributed by atoms with Gasteiger partial charge in [0.25, 0.3) is 0 Å². The SMILES string of the molecule is Cn1cc(-c2cnn3c(N)c(Br)c([C@@H]4CC[C@@H](NC(=O)OC(C)(C)C)C4)nc23)cn1. The van der Waals surface area contributed by atoms with E-state index >= 15 is 0 Å². The van der Waals surface area contributed by atoms with E-state index < -0.39 is 5.60 Å². The van der Waals surface area contributed by atoms with Gasteiger partial charge < -0.3 is 15.8 Å². The van der Waals surface area contributed by atoms with E-state index in [1.165, 1.54) is 0 Å². The summed E-state index contributed by atoms with van der Waals surface area (Å²) >= 11 is 3.61. The van der Waals surface area contributed by atoms with Crippen LogP contribution in [-0.2, 0) is 11.8 Å². The van der Waals surface area contributed by atoms with Gasteiger partial charge >= 0.3 is 6.09 Å². The van der Waals surface area contributed by atoms with E-state index in [1.54, 1.807) is 21.6 Å². The maximum absolute atomic E-state index is 12.1. The molecule has 1 fully saturated rings. The van der Waals surface area contributed by atoms with Crippen molar-refractivity contribution in [1.82, 2.24) is 29.7 Å². The van der Waals surface area contributed by atoms with Gasteiger partial charge in [-0.2, -0.15) is 14.7 Å². The fourth-order valence-corrected chi connectivity index (χ4v) is 4.46. The third kappa shape index (κ3) is 4.00. The zero-order chi connectivity index (χ0) is 21.6. The van der Waals surface area contributed by atoms with E-state index in [4.69, 9.17) is 15.5 Å². The Bertz CT molecular complexity index is 1100. The van der Waals surface area contributed by atoms with Crippen LogP contribution in [0.25, 0.3) is 16.8 Å². The molecule has 3 N–H and O–H groups in total. The molecular weight excluding hydrogens is 450 g/mol. The number of fused-ring (bicyclic) bond motifs is 1. The van der Waals surface area contributed by atoms with Crippen LogP contribution < -0.4 is 11.1 Å². The molecule has 1 aliphatic rings. The van der Waals surface area contributed by atoms with Crippen molar-refractivity contribution in [1.29, 1.82) is 0 Å². The predicted octanol–water partition coefficient (Wildman–Crippen LogP) is 3.64. The molecule has 30 heavy (non-hydrogen) atoms. The largest absolute Gasteiger partial charge is 0.444 e. The summed E-state index contributed by atoms with van der Waals surface area (Å²) < 4.78 is 9.51. The summed E-state index contributed by atoms with van der Waals surface area (Å²) in [4.78, 5) is 17.1. The average Bonchev–Trinajstić information content (AvgIpc) is 3.35. The quantitative estimate of drug-likeness (QED) is 0.597. The summed E-state index contributed by atoms with van der Waals surface area (Å²) in [6.07, 6.45) is 7.62. The van der Waals surface area contributed by atoms with Crippen LogP contribution in [0.1, 0.15) is 51.6 Å². The molecule has 3 heterocycles. The second-order valence-electron chi connectivity index (χ2n) is 8.75. The van der Waals surface area contributed by atoms with Gasteiger partial charge in [0.1, 0.15) is 11.4 Å². The van der Waals surface area contributed by atoms with Gasteiger partial charge in [-0.15, -0.1) is 0 Å². The molecule has 0 spiro atoms. The van der Waals surface area contributed by atoms with Crippen LogP contribution >= 0.6 is 15.9 Å². The second kappa shape index (κ2) is 7.57. The maximum atomic E-state index is 12.1. The molecule has 9 nitrogen and oxygen atoms in total. The number of anilines is 1. The Hall–Kier alpha value is -2.62. The molecule has 160 valence electrons. The van der Waals surface area contributed by atoms with Crippen molar-refractivity contribution in [2.75, 3.05) is 5.73 Å². The second-order valence-corrected chi connectivity index (χ2v) is 9.54. The molecule has 2 atom stereocenters. The van der Waals surface area contributed by atoms with Gasteiger partial charge in [-0.05, 0) is 56.0 Å². The number of hydrogen-bond acceptors (Lipinski definition) is 6. The van der Waals surface area contributed by atoms with Gasteiger partial charge in [-0.25, -0.2) is 9.78 Å². The van der Waals surface area contributed by atoms with Crippen molar-refractivity contribution in [3.8, 4) is 11.1 Å². The lowest BCUT2D eigenvalue weighted by atomic mass is 10.0. The maximum Gasteiger partial charge on any atom is 0.407 e. The lowest BCUT2D eigenvalue weighted by molar-refractivity contribution is 0.0505. The summed E-state index contributed by atoms with van der Waals surface area (Å²) in [6.45, 7) is 5.57. The molecule has 10 heteroatoms. The number of hydrogen-bond donors (Lipinski definition) is 2. The molecule has 0 unspecified atom stereocenters. The van der Waals surface area contributed by atoms with E-state index in [2.05, 4.69) is 31.4 Å². The van der Waals surface area contributed by atoms with Crippen molar-refractivity contribution in [2.45, 2.75) is 57.6 Å². The lowest BCUT2D eigenvalue weighted by Gasteiger charge is -2.22. The predicted molar refractivity (Wildman–Crippen MR) is 117 cm³/mol. The minimum atomic E-state index is -0.517. The molecule has 1 amide bonds. The molecule has 0 saturated heterocycles. The van der Waals surface area contributed by atoms with Crippen LogP contribution in [-0.4, -0.2) is 42.1 Å². The van der Waals surface area contributed by atoms with Crippen LogP contribution in [0.15, 0.2) is 23.1 Å². The monoisotopic (exact) mass is 475 g/mol. The fourth-order valence-electron chi connectivity index (χ4n) is 3.88. The number of nitrogens with two attached hydrogens (primary N) is 1. The van der Waals surface area contributed by atoms with Crippen molar-refractivity contribution < 1.29 is 9.53 Å². The molecule has 0 radical (unpaired) electrons. The minimum absolute atomic E-state index is 0.0405. The van der Waals surface area contributed by atoms with Crippen molar-refractivity contribution in [2.24, 2.45) is 7.05 Å². The summed E-state index contributed by atoms with van der Waals surface area (Å²) in [5.74, 6) is 0.678. The smallest absolute Gasteiger partial charge is 0.407 e. The van der Waals surface area contributed by atoms with E-state index in [-0.39, 0.29) is 18.1 Å². The number of aryl methyl sites for hydroxylation is 1. The fraction of sp³-hybridized carbons (Fsp3) is 0.500. The van der Waals surface area contributed by atoms with E-state index in [0.717, 1.165) is 40.6 Å². The molecule has 0 bridgehead atoms. The molecule has 4 rings (SSSR count). The van der Waals surface area contributed by atoms with Crippen LogP contribution in [0.2, 0.25) is 0 Å². The molecule has 3 aromatic heterocycles. The van der Waals surface area contributed by atoms with Crippen molar-refractivity contribution >= 4 is 33.5 Å². The third-order valence-electron chi connectivity index (χ3n) is 5.20. The number of nitrogen functional groups attached to an aromatic ring is 1. The highest BCUT2D eigenvalue weighted by atomic mass is 79.9. The molecule has 1 saturated carbocycles. The summed E-state index contributed by atoms with van der Waals surface area (Å²) in [5.41, 5.74) is 9.25. The first kappa shape index (κ1) is 20.6. The number of rotatable bonds is 3. The number of alkyl carbamates (subject to hydrolysis) is 1. The third-order valence-corrected chi connectivity index (χ3v) is 6.02. The molecular formula is C20H26BrN7O2.